The minimum atomic E-state index is 0.901. The molecule has 3 rings (SSSR count). The number of hydrogen-bond donors (Lipinski definition) is 1. The first-order valence-electron chi connectivity index (χ1n) is 5.42. The Morgan fingerprint density at radius 1 is 1.35 bits per heavy atom. The first kappa shape index (κ1) is 9.90. The zero-order valence-electron chi connectivity index (χ0n) is 9.53. The third-order valence-electron chi connectivity index (χ3n) is 2.98. The van der Waals surface area contributed by atoms with E-state index in [0.717, 1.165) is 27.7 Å². The molecule has 2 heterocycles. The number of H-pyrrole nitrogens is 1. The predicted molar refractivity (Wildman–Crippen MR) is 71.4 cm³/mol. The summed E-state index contributed by atoms with van der Waals surface area (Å²) in [6.45, 7) is 5.51. The second-order valence-corrected chi connectivity index (χ2v) is 3.98. The highest BCUT2D eigenvalue weighted by atomic mass is 16.3. The molecule has 0 aliphatic carbocycles. The van der Waals surface area contributed by atoms with Gasteiger partial charge in [-0.3, -0.25) is 4.99 Å². The van der Waals surface area contributed by atoms with Crippen LogP contribution in [0.25, 0.3) is 27.9 Å². The van der Waals surface area contributed by atoms with E-state index >= 15 is 0 Å². The van der Waals surface area contributed by atoms with Gasteiger partial charge in [-0.25, -0.2) is 0 Å². The van der Waals surface area contributed by atoms with Crippen molar-refractivity contribution in [1.82, 2.24) is 4.98 Å². The van der Waals surface area contributed by atoms with Gasteiger partial charge in [-0.05, 0) is 37.9 Å². The van der Waals surface area contributed by atoms with E-state index in [2.05, 4.69) is 23.6 Å². The van der Waals surface area contributed by atoms with Crippen LogP contribution < -0.4 is 0 Å². The molecule has 84 valence electrons. The van der Waals surface area contributed by atoms with E-state index in [1.165, 1.54) is 5.39 Å². The molecule has 0 spiro atoms. The molecule has 17 heavy (non-hydrogen) atoms. The van der Waals surface area contributed by atoms with Crippen LogP contribution in [0.5, 0.6) is 0 Å². The smallest absolute Gasteiger partial charge is 0.134 e. The summed E-state index contributed by atoms with van der Waals surface area (Å²) in [5.74, 6) is 0. The number of rotatable bonds is 2. The molecule has 0 aliphatic rings. The average Bonchev–Trinajstić information content (AvgIpc) is 2.89. The minimum Gasteiger partial charge on any atom is -0.464 e. The van der Waals surface area contributed by atoms with E-state index in [4.69, 9.17) is 4.42 Å². The standard InChI is InChI=1S/C14H12N2O/c1-9-10(5-7-15-2)14-11-6-8-17-13(11)4-3-12(14)16-9/h3-8,16H,2H2,1H3/b7-5-. The zero-order chi connectivity index (χ0) is 11.8. The SMILES string of the molecule is C=N/C=C\c1c(C)[nH]c2ccc3occc3c12. The lowest BCUT2D eigenvalue weighted by Crippen LogP contribution is -1.74. The number of aliphatic imine (C=N–C) groups is 1. The maximum atomic E-state index is 5.42. The van der Waals surface area contributed by atoms with Crippen molar-refractivity contribution < 1.29 is 4.42 Å². The van der Waals surface area contributed by atoms with Crippen LogP contribution in [-0.2, 0) is 0 Å². The Labute approximate surface area is 98.5 Å². The van der Waals surface area contributed by atoms with Gasteiger partial charge >= 0.3 is 0 Å². The van der Waals surface area contributed by atoms with Gasteiger partial charge in [0.05, 0.1) is 6.26 Å². The molecule has 3 nitrogen and oxygen atoms in total. The number of nitrogens with one attached hydrogen (secondary N) is 1. The van der Waals surface area contributed by atoms with Gasteiger partial charge in [-0.1, -0.05) is 0 Å². The minimum absolute atomic E-state index is 0.901. The summed E-state index contributed by atoms with van der Waals surface area (Å²) < 4.78 is 5.42. The summed E-state index contributed by atoms with van der Waals surface area (Å²) in [5.41, 5.74) is 4.27. The fourth-order valence-electron chi connectivity index (χ4n) is 2.23. The Morgan fingerprint density at radius 3 is 3.06 bits per heavy atom. The van der Waals surface area contributed by atoms with E-state index in [-0.39, 0.29) is 0 Å². The normalized spacial score (nSPS) is 11.8. The molecular weight excluding hydrogens is 212 g/mol. The molecule has 2 aromatic heterocycles. The van der Waals surface area contributed by atoms with Gasteiger partial charge in [0.2, 0.25) is 0 Å². The number of aromatic nitrogens is 1. The van der Waals surface area contributed by atoms with E-state index in [0.29, 0.717) is 0 Å². The van der Waals surface area contributed by atoms with Crippen LogP contribution in [0.1, 0.15) is 11.3 Å². The van der Waals surface area contributed by atoms with Crippen molar-refractivity contribution in [3.8, 4) is 0 Å². The van der Waals surface area contributed by atoms with Crippen LogP contribution in [0, 0.1) is 6.92 Å². The first-order chi connectivity index (χ1) is 8.31. The number of nitrogens with zero attached hydrogens (tertiary/aromatic N) is 1. The van der Waals surface area contributed by atoms with Crippen molar-refractivity contribution in [2.75, 3.05) is 0 Å². The maximum absolute atomic E-state index is 5.42. The van der Waals surface area contributed by atoms with Crippen molar-refractivity contribution in [2.24, 2.45) is 4.99 Å². The molecular formula is C14H12N2O. The molecule has 3 heteroatoms. The number of benzene rings is 1. The lowest BCUT2D eigenvalue weighted by molar-refractivity contribution is 0.616. The fraction of sp³-hybridized carbons (Fsp3) is 0.0714. The summed E-state index contributed by atoms with van der Waals surface area (Å²) >= 11 is 0. The van der Waals surface area contributed by atoms with Crippen LogP contribution in [0.4, 0.5) is 0 Å². The first-order valence-corrected chi connectivity index (χ1v) is 5.42. The second-order valence-electron chi connectivity index (χ2n) is 3.98. The molecule has 0 aliphatic heterocycles. The Balaban J connectivity index is 2.46. The van der Waals surface area contributed by atoms with Gasteiger partial charge in [0.1, 0.15) is 5.58 Å². The number of aryl methyl sites for hydroxylation is 1. The van der Waals surface area contributed by atoms with Crippen molar-refractivity contribution in [2.45, 2.75) is 6.92 Å². The summed E-state index contributed by atoms with van der Waals surface area (Å²) in [6, 6.07) is 6.00. The van der Waals surface area contributed by atoms with E-state index in [1.807, 2.05) is 24.3 Å². The third-order valence-corrected chi connectivity index (χ3v) is 2.98. The molecule has 0 amide bonds. The molecule has 0 atom stereocenters. The summed E-state index contributed by atoms with van der Waals surface area (Å²) in [6.07, 6.45) is 5.38. The van der Waals surface area contributed by atoms with Crippen LogP contribution >= 0.6 is 0 Å². The summed E-state index contributed by atoms with van der Waals surface area (Å²) in [7, 11) is 0. The van der Waals surface area contributed by atoms with Crippen LogP contribution in [-0.4, -0.2) is 11.7 Å². The van der Waals surface area contributed by atoms with Crippen LogP contribution in [0.15, 0.2) is 40.1 Å². The quantitative estimate of drug-likeness (QED) is 0.659. The Kier molecular flexibility index (Phi) is 2.11. The third kappa shape index (κ3) is 1.40. The van der Waals surface area contributed by atoms with E-state index in [1.54, 1.807) is 12.5 Å². The van der Waals surface area contributed by atoms with Gasteiger partial charge in [-0.15, -0.1) is 0 Å². The van der Waals surface area contributed by atoms with Gasteiger partial charge in [0.25, 0.3) is 0 Å². The maximum Gasteiger partial charge on any atom is 0.134 e. The number of fused-ring (bicyclic) bond motifs is 3. The summed E-state index contributed by atoms with van der Waals surface area (Å²) in [4.78, 5) is 7.12. The highest BCUT2D eigenvalue weighted by Gasteiger charge is 2.10. The Morgan fingerprint density at radius 2 is 2.24 bits per heavy atom. The van der Waals surface area contributed by atoms with E-state index < -0.39 is 0 Å². The molecule has 1 N–H and O–H groups in total. The van der Waals surface area contributed by atoms with Crippen molar-refractivity contribution in [3.63, 3.8) is 0 Å². The monoisotopic (exact) mass is 224 g/mol. The van der Waals surface area contributed by atoms with Crippen LogP contribution in [0.3, 0.4) is 0 Å². The van der Waals surface area contributed by atoms with Crippen molar-refractivity contribution >= 4 is 34.7 Å². The molecule has 0 fully saturated rings. The van der Waals surface area contributed by atoms with Gasteiger partial charge < -0.3 is 9.40 Å². The lowest BCUT2D eigenvalue weighted by Gasteiger charge is -1.94. The number of hydrogen-bond acceptors (Lipinski definition) is 2. The van der Waals surface area contributed by atoms with Gasteiger partial charge in [0.15, 0.2) is 0 Å². The van der Waals surface area contributed by atoms with E-state index in [9.17, 15) is 0 Å². The predicted octanol–water partition coefficient (Wildman–Crippen LogP) is 3.89. The van der Waals surface area contributed by atoms with Crippen molar-refractivity contribution in [3.05, 3.63) is 41.9 Å². The highest BCUT2D eigenvalue weighted by Crippen LogP contribution is 2.31. The molecule has 1 aromatic carbocycles. The topological polar surface area (TPSA) is 41.3 Å². The molecule has 0 radical (unpaired) electrons. The molecule has 0 saturated heterocycles. The molecule has 0 unspecified atom stereocenters. The largest absolute Gasteiger partial charge is 0.464 e. The highest BCUT2D eigenvalue weighted by molar-refractivity contribution is 6.09. The fourth-order valence-corrected chi connectivity index (χ4v) is 2.23. The Bertz CT molecular complexity index is 731. The molecule has 0 bridgehead atoms. The van der Waals surface area contributed by atoms with Crippen molar-refractivity contribution in [1.29, 1.82) is 0 Å². The van der Waals surface area contributed by atoms with Crippen LogP contribution in [0.2, 0.25) is 0 Å². The Hall–Kier alpha value is -2.29. The van der Waals surface area contributed by atoms with Gasteiger partial charge in [0, 0.05) is 33.7 Å². The molecule has 0 saturated carbocycles. The number of furan rings is 1. The molecule has 3 aromatic rings. The summed E-state index contributed by atoms with van der Waals surface area (Å²) in [5, 5.41) is 2.30. The number of aromatic amines is 1. The van der Waals surface area contributed by atoms with Gasteiger partial charge in [-0.2, -0.15) is 0 Å². The second kappa shape index (κ2) is 3.63. The average molecular weight is 224 g/mol. The zero-order valence-corrected chi connectivity index (χ0v) is 9.53. The lowest BCUT2D eigenvalue weighted by atomic mass is 10.1.